The van der Waals surface area contributed by atoms with E-state index in [4.69, 9.17) is 15.4 Å². The number of rotatable bonds is 9. The summed E-state index contributed by atoms with van der Waals surface area (Å²) in [6.07, 6.45) is 4.61. The Morgan fingerprint density at radius 1 is 1.48 bits per heavy atom. The summed E-state index contributed by atoms with van der Waals surface area (Å²) >= 11 is 0. The van der Waals surface area contributed by atoms with Crippen molar-refractivity contribution in [2.75, 3.05) is 6.54 Å². The van der Waals surface area contributed by atoms with Crippen LogP contribution < -0.4 is 5.73 Å². The number of carbonyl (C=O) groups excluding carboxylic acids is 1. The average molecular weight is 291 g/mol. The quantitative estimate of drug-likeness (QED) is 0.758. The number of nitrogens with zero attached hydrogens (tertiary/aromatic N) is 2. The second-order valence-electron chi connectivity index (χ2n) is 5.56. The lowest BCUT2D eigenvalue weighted by Gasteiger charge is -2.24. The van der Waals surface area contributed by atoms with E-state index in [1.54, 1.807) is 17.2 Å². The van der Waals surface area contributed by atoms with Crippen LogP contribution in [0.4, 0.5) is 0 Å². The predicted molar refractivity (Wildman–Crippen MR) is 81.0 cm³/mol. The van der Waals surface area contributed by atoms with Crippen molar-refractivity contribution < 1.29 is 9.21 Å². The van der Waals surface area contributed by atoms with Crippen LogP contribution >= 0.6 is 0 Å². The van der Waals surface area contributed by atoms with Crippen LogP contribution in [0.1, 0.15) is 45.3 Å². The normalized spacial score (nSPS) is 13.4. The largest absolute Gasteiger partial charge is 0.467 e. The van der Waals surface area contributed by atoms with Crippen molar-refractivity contribution in [2.45, 2.75) is 52.1 Å². The minimum absolute atomic E-state index is 0.0580. The number of nitrogens with two attached hydrogens (primary N) is 1. The van der Waals surface area contributed by atoms with Crippen LogP contribution in [0.3, 0.4) is 0 Å². The van der Waals surface area contributed by atoms with E-state index in [0.29, 0.717) is 19.5 Å². The molecule has 1 heterocycles. The summed E-state index contributed by atoms with van der Waals surface area (Å²) in [5.74, 6) is 0.757. The molecule has 1 amide bonds. The summed E-state index contributed by atoms with van der Waals surface area (Å²) in [4.78, 5) is 14.2. The summed E-state index contributed by atoms with van der Waals surface area (Å²) in [6.45, 7) is 4.77. The number of hydrogen-bond donors (Lipinski definition) is 1. The smallest absolute Gasteiger partial charge is 0.225 e. The molecule has 1 rings (SSSR count). The second-order valence-corrected chi connectivity index (χ2v) is 5.56. The molecule has 116 valence electrons. The van der Waals surface area contributed by atoms with Gasteiger partial charge >= 0.3 is 0 Å². The number of carbonyl (C=O) groups is 1. The average Bonchev–Trinajstić information content (AvgIpc) is 2.95. The Morgan fingerprint density at radius 2 is 2.24 bits per heavy atom. The molecule has 0 saturated carbocycles. The Bertz CT molecular complexity index is 449. The van der Waals surface area contributed by atoms with E-state index in [0.717, 1.165) is 25.0 Å². The van der Waals surface area contributed by atoms with Crippen LogP contribution in [0.25, 0.3) is 0 Å². The summed E-state index contributed by atoms with van der Waals surface area (Å²) in [7, 11) is 0. The van der Waals surface area contributed by atoms with Crippen molar-refractivity contribution in [3.8, 4) is 6.07 Å². The molecule has 0 bridgehead atoms. The van der Waals surface area contributed by atoms with Gasteiger partial charge in [-0.05, 0) is 31.9 Å². The van der Waals surface area contributed by atoms with E-state index in [2.05, 4.69) is 6.07 Å². The molecule has 2 N–H and O–H groups in total. The molecular weight excluding hydrogens is 266 g/mol. The summed E-state index contributed by atoms with van der Waals surface area (Å²) < 4.78 is 5.29. The second kappa shape index (κ2) is 9.19. The molecule has 0 aliphatic rings. The molecule has 21 heavy (non-hydrogen) atoms. The van der Waals surface area contributed by atoms with E-state index in [1.165, 1.54) is 0 Å². The molecule has 5 heteroatoms. The van der Waals surface area contributed by atoms with Crippen LogP contribution in [-0.4, -0.2) is 23.4 Å². The maximum atomic E-state index is 12.5. The predicted octanol–water partition coefficient (Wildman–Crippen LogP) is 2.68. The Kier molecular flexibility index (Phi) is 7.55. The molecular formula is C16H25N3O2. The fourth-order valence-electron chi connectivity index (χ4n) is 2.22. The van der Waals surface area contributed by atoms with Crippen molar-refractivity contribution >= 4 is 5.91 Å². The van der Waals surface area contributed by atoms with Crippen LogP contribution in [0.15, 0.2) is 22.8 Å². The van der Waals surface area contributed by atoms with Gasteiger partial charge in [0.25, 0.3) is 0 Å². The topological polar surface area (TPSA) is 83.3 Å². The molecule has 5 nitrogen and oxygen atoms in total. The summed E-state index contributed by atoms with van der Waals surface area (Å²) in [5, 5.41) is 8.74. The highest BCUT2D eigenvalue weighted by Crippen LogP contribution is 2.15. The van der Waals surface area contributed by atoms with Gasteiger partial charge in [-0.1, -0.05) is 13.3 Å². The molecule has 0 aliphatic heterocycles. The summed E-state index contributed by atoms with van der Waals surface area (Å²) in [6, 6.07) is 5.90. The standard InChI is InChI=1S/C16H25N3O2/c1-13(6-3-7-14(2)18)16(20)19(10-5-9-17)12-15-8-4-11-21-15/h4,8,11,13-14H,3,5-7,10,12,18H2,1-2H3. The molecule has 0 aromatic carbocycles. The zero-order valence-corrected chi connectivity index (χ0v) is 12.9. The molecule has 1 aromatic heterocycles. The van der Waals surface area contributed by atoms with E-state index in [1.807, 2.05) is 19.9 Å². The highest BCUT2D eigenvalue weighted by molar-refractivity contribution is 5.78. The molecule has 0 aliphatic carbocycles. The SMILES string of the molecule is CC(N)CCCC(C)C(=O)N(CCC#N)Cc1ccco1. The first kappa shape index (κ1) is 17.3. The van der Waals surface area contributed by atoms with Gasteiger partial charge < -0.3 is 15.1 Å². The molecule has 0 spiro atoms. The molecule has 2 unspecified atom stereocenters. The Balaban J connectivity index is 2.55. The van der Waals surface area contributed by atoms with Gasteiger partial charge in [0.1, 0.15) is 5.76 Å². The maximum Gasteiger partial charge on any atom is 0.225 e. The third kappa shape index (κ3) is 6.46. The molecule has 0 saturated heterocycles. The lowest BCUT2D eigenvalue weighted by atomic mass is 10.0. The Labute approximate surface area is 126 Å². The van der Waals surface area contributed by atoms with Crippen molar-refractivity contribution in [3.05, 3.63) is 24.2 Å². The maximum absolute atomic E-state index is 12.5. The zero-order chi connectivity index (χ0) is 15.7. The van der Waals surface area contributed by atoms with Crippen molar-refractivity contribution in [2.24, 2.45) is 11.7 Å². The Hall–Kier alpha value is -1.80. The first-order valence-corrected chi connectivity index (χ1v) is 7.48. The minimum Gasteiger partial charge on any atom is -0.467 e. The van der Waals surface area contributed by atoms with E-state index in [9.17, 15) is 4.79 Å². The van der Waals surface area contributed by atoms with Gasteiger partial charge in [0.05, 0.1) is 25.3 Å². The fourth-order valence-corrected chi connectivity index (χ4v) is 2.22. The molecule has 0 fully saturated rings. The molecule has 0 radical (unpaired) electrons. The van der Waals surface area contributed by atoms with Gasteiger partial charge in [0, 0.05) is 18.5 Å². The van der Waals surface area contributed by atoms with E-state index >= 15 is 0 Å². The van der Waals surface area contributed by atoms with E-state index < -0.39 is 0 Å². The van der Waals surface area contributed by atoms with E-state index in [-0.39, 0.29) is 17.9 Å². The van der Waals surface area contributed by atoms with Crippen LogP contribution in [0.5, 0.6) is 0 Å². The number of amides is 1. The Morgan fingerprint density at radius 3 is 2.81 bits per heavy atom. The highest BCUT2D eigenvalue weighted by Gasteiger charge is 2.21. The fraction of sp³-hybridized carbons (Fsp3) is 0.625. The van der Waals surface area contributed by atoms with Crippen molar-refractivity contribution in [3.63, 3.8) is 0 Å². The van der Waals surface area contributed by atoms with Gasteiger partial charge in [0.15, 0.2) is 0 Å². The monoisotopic (exact) mass is 291 g/mol. The number of nitriles is 1. The first-order valence-electron chi connectivity index (χ1n) is 7.48. The summed E-state index contributed by atoms with van der Waals surface area (Å²) in [5.41, 5.74) is 5.73. The van der Waals surface area contributed by atoms with Crippen LogP contribution in [0.2, 0.25) is 0 Å². The van der Waals surface area contributed by atoms with Crippen molar-refractivity contribution in [1.82, 2.24) is 4.90 Å². The third-order valence-electron chi connectivity index (χ3n) is 3.45. The minimum atomic E-state index is -0.0580. The third-order valence-corrected chi connectivity index (χ3v) is 3.45. The molecule has 1 aromatic rings. The highest BCUT2D eigenvalue weighted by atomic mass is 16.3. The van der Waals surface area contributed by atoms with Gasteiger partial charge in [-0.15, -0.1) is 0 Å². The van der Waals surface area contributed by atoms with Crippen LogP contribution in [-0.2, 0) is 11.3 Å². The van der Waals surface area contributed by atoms with Gasteiger partial charge in [-0.2, -0.15) is 5.26 Å². The lowest BCUT2D eigenvalue weighted by molar-refractivity contribution is -0.136. The first-order chi connectivity index (χ1) is 10.0. The van der Waals surface area contributed by atoms with Gasteiger partial charge in [-0.3, -0.25) is 4.79 Å². The van der Waals surface area contributed by atoms with Crippen molar-refractivity contribution in [1.29, 1.82) is 5.26 Å². The number of hydrogen-bond acceptors (Lipinski definition) is 4. The zero-order valence-electron chi connectivity index (χ0n) is 12.9. The lowest BCUT2D eigenvalue weighted by Crippen LogP contribution is -2.35. The van der Waals surface area contributed by atoms with Gasteiger partial charge in [-0.25, -0.2) is 0 Å². The van der Waals surface area contributed by atoms with Crippen LogP contribution in [0, 0.1) is 17.2 Å². The number of furan rings is 1. The van der Waals surface area contributed by atoms with Gasteiger partial charge in [0.2, 0.25) is 5.91 Å². The molecule has 2 atom stereocenters.